The number of hydrogen-bond donors (Lipinski definition) is 1. The molecular weight excluding hydrogens is 717 g/mol. The maximum Gasteiger partial charge on any atom is 0.320 e. The Kier molecular flexibility index (Phi) is 7.39. The van der Waals surface area contributed by atoms with Crippen molar-refractivity contribution in [3.63, 3.8) is 0 Å². The SMILES string of the molecule is CC(C)(C)[Si](Oc1ccc2c3c1OC1C4(CC[C@@]5(O)C(C2)[N@@+](C)(CC2CC2)CCC315)OCCO4)(c1ccccc1)c1ccccc1.[I-]. The van der Waals surface area contributed by atoms with Gasteiger partial charge in [-0.1, -0.05) is 87.5 Å². The summed E-state index contributed by atoms with van der Waals surface area (Å²) in [7, 11) is -0.519. The van der Waals surface area contributed by atoms with E-state index in [-0.39, 0.29) is 35.1 Å². The number of quaternary nitrogens is 1. The van der Waals surface area contributed by atoms with Gasteiger partial charge in [-0.2, -0.15) is 0 Å². The van der Waals surface area contributed by atoms with Gasteiger partial charge in [0.25, 0.3) is 0 Å². The normalized spacial score (nSPS) is 33.1. The van der Waals surface area contributed by atoms with Gasteiger partial charge in [0.05, 0.1) is 38.8 Å². The van der Waals surface area contributed by atoms with E-state index < -0.39 is 31.2 Å². The quantitative estimate of drug-likeness (QED) is 0.237. The van der Waals surface area contributed by atoms with Crippen molar-refractivity contribution in [2.45, 2.75) is 93.3 Å². The van der Waals surface area contributed by atoms with Crippen LogP contribution >= 0.6 is 0 Å². The number of aliphatic hydroxyl groups is 1. The van der Waals surface area contributed by atoms with Gasteiger partial charge in [0.2, 0.25) is 5.79 Å². The minimum absolute atomic E-state index is 0. The lowest BCUT2D eigenvalue weighted by Gasteiger charge is -2.66. The van der Waals surface area contributed by atoms with Gasteiger partial charge in [-0.3, -0.25) is 0 Å². The highest BCUT2D eigenvalue weighted by Crippen LogP contribution is 2.69. The van der Waals surface area contributed by atoms with Gasteiger partial charge in [-0.25, -0.2) is 0 Å². The molecule has 3 unspecified atom stereocenters. The van der Waals surface area contributed by atoms with Crippen molar-refractivity contribution in [3.05, 3.63) is 83.9 Å². The van der Waals surface area contributed by atoms with Gasteiger partial charge in [0.1, 0.15) is 17.4 Å². The van der Waals surface area contributed by atoms with Crippen LogP contribution in [0.15, 0.2) is 72.8 Å². The van der Waals surface area contributed by atoms with Crippen LogP contribution in [-0.2, 0) is 21.3 Å². The van der Waals surface area contributed by atoms with Gasteiger partial charge in [-0.15, -0.1) is 0 Å². The van der Waals surface area contributed by atoms with Crippen molar-refractivity contribution in [1.29, 1.82) is 0 Å². The lowest BCUT2D eigenvalue weighted by Crippen LogP contribution is -3.00. The van der Waals surface area contributed by atoms with Crippen LogP contribution in [0.2, 0.25) is 5.04 Å². The predicted octanol–water partition coefficient (Wildman–Crippen LogP) is 2.08. The number of halogens is 1. The van der Waals surface area contributed by atoms with Gasteiger partial charge >= 0.3 is 8.32 Å². The second-order valence-electron chi connectivity index (χ2n) is 16.4. The second kappa shape index (κ2) is 10.8. The Morgan fingerprint density at radius 1 is 0.894 bits per heavy atom. The molecule has 8 heteroatoms. The molecule has 47 heavy (non-hydrogen) atoms. The molecule has 0 amide bonds. The Morgan fingerprint density at radius 3 is 2.13 bits per heavy atom. The number of piperidine rings is 1. The van der Waals surface area contributed by atoms with Crippen LogP contribution in [0.25, 0.3) is 0 Å². The summed E-state index contributed by atoms with van der Waals surface area (Å²) in [4.78, 5) is 0. The molecule has 250 valence electrons. The van der Waals surface area contributed by atoms with E-state index in [0.29, 0.717) is 26.1 Å². The molecule has 3 heterocycles. The molecule has 0 aromatic heterocycles. The molecule has 6 aliphatic rings. The van der Waals surface area contributed by atoms with E-state index in [9.17, 15) is 5.11 Å². The van der Waals surface area contributed by atoms with Crippen molar-refractivity contribution in [3.8, 4) is 11.5 Å². The summed E-state index contributed by atoms with van der Waals surface area (Å²) < 4.78 is 29.0. The van der Waals surface area contributed by atoms with Gasteiger partial charge < -0.3 is 52.2 Å². The van der Waals surface area contributed by atoms with E-state index in [1.54, 1.807) is 0 Å². The first-order valence-corrected chi connectivity index (χ1v) is 19.4. The highest BCUT2D eigenvalue weighted by molar-refractivity contribution is 7.00. The fourth-order valence-electron chi connectivity index (χ4n) is 10.8. The number of nitrogens with zero attached hydrogens (tertiary/aromatic N) is 1. The first-order chi connectivity index (χ1) is 22.1. The predicted molar refractivity (Wildman–Crippen MR) is 180 cm³/mol. The van der Waals surface area contributed by atoms with Crippen LogP contribution in [0.1, 0.15) is 64.0 Å². The molecular formula is C39H48INO5Si. The Labute approximate surface area is 297 Å². The molecule has 2 spiro atoms. The largest absolute Gasteiger partial charge is 1.00 e. The van der Waals surface area contributed by atoms with Crippen molar-refractivity contribution in [2.24, 2.45) is 5.92 Å². The number of benzene rings is 3. The number of fused-ring (bicyclic) bond motifs is 1. The lowest BCUT2D eigenvalue weighted by atomic mass is 9.47. The fourth-order valence-corrected chi connectivity index (χ4v) is 15.2. The Balaban J connectivity index is 0.00000324. The van der Waals surface area contributed by atoms with Crippen molar-refractivity contribution in [2.75, 3.05) is 33.4 Å². The molecule has 3 aromatic rings. The van der Waals surface area contributed by atoms with Crippen LogP contribution in [0.4, 0.5) is 0 Å². The minimum atomic E-state index is -2.93. The maximum absolute atomic E-state index is 13.3. The molecule has 0 radical (unpaired) electrons. The molecule has 6 nitrogen and oxygen atoms in total. The van der Waals surface area contributed by atoms with Crippen LogP contribution in [0.5, 0.6) is 11.5 Å². The molecule has 2 bridgehead atoms. The molecule has 3 aliphatic heterocycles. The third-order valence-electron chi connectivity index (χ3n) is 12.9. The minimum Gasteiger partial charge on any atom is -1.00 e. The average molecular weight is 766 g/mol. The second-order valence-corrected chi connectivity index (χ2v) is 20.6. The van der Waals surface area contributed by atoms with E-state index in [0.717, 1.165) is 47.8 Å². The Hall–Kier alpha value is -1.95. The number of likely N-dealkylation sites (tertiary alicyclic amines) is 1. The van der Waals surface area contributed by atoms with Crippen LogP contribution in [0.3, 0.4) is 0 Å². The molecule has 4 fully saturated rings. The summed E-state index contributed by atoms with van der Waals surface area (Å²) in [5.41, 5.74) is 0.961. The Morgan fingerprint density at radius 2 is 1.53 bits per heavy atom. The third-order valence-corrected chi connectivity index (χ3v) is 17.9. The molecule has 3 aliphatic carbocycles. The summed E-state index contributed by atoms with van der Waals surface area (Å²) in [6.07, 6.45) is 5.24. The summed E-state index contributed by atoms with van der Waals surface area (Å²) in [6, 6.07) is 26.2. The maximum atomic E-state index is 13.3. The highest BCUT2D eigenvalue weighted by atomic mass is 127. The van der Waals surface area contributed by atoms with Crippen LogP contribution in [-0.4, -0.2) is 74.8 Å². The summed E-state index contributed by atoms with van der Waals surface area (Å²) in [5.74, 6) is 1.53. The van der Waals surface area contributed by atoms with E-state index >= 15 is 0 Å². The highest BCUT2D eigenvalue weighted by Gasteiger charge is 2.80. The van der Waals surface area contributed by atoms with Crippen LogP contribution < -0.4 is 43.5 Å². The van der Waals surface area contributed by atoms with Gasteiger partial charge in [0, 0.05) is 30.7 Å². The number of ether oxygens (including phenoxy) is 3. The first-order valence-electron chi connectivity index (χ1n) is 17.5. The van der Waals surface area contributed by atoms with E-state index in [4.69, 9.17) is 18.6 Å². The topological polar surface area (TPSA) is 57.2 Å². The molecule has 5 atom stereocenters. The monoisotopic (exact) mass is 765 g/mol. The zero-order chi connectivity index (χ0) is 31.6. The lowest BCUT2D eigenvalue weighted by molar-refractivity contribution is -0.951. The number of likely N-dealkylation sites (N-methyl/N-ethyl adjacent to an activating group) is 1. The van der Waals surface area contributed by atoms with Gasteiger partial charge in [0.15, 0.2) is 11.9 Å². The molecule has 2 saturated heterocycles. The van der Waals surface area contributed by atoms with Crippen molar-refractivity contribution < 1.29 is 52.2 Å². The van der Waals surface area contributed by atoms with E-state index in [1.807, 2.05) is 0 Å². The number of rotatable bonds is 6. The standard InChI is InChI=1S/C39H48NO5Si.HI/c1-36(2,3)46(29-11-7-5-8-12-29,30-13-9-6-10-14-30)45-31-18-17-28-25-32-38(41)19-20-39(42-23-24-43-39)35-37(38,33(28)34(31)44-35)21-22-40(32,4)26-27-15-16-27;/h5-14,17-18,27,32,35,41H,15-16,19-26H2,1-4H3;1H/q+1;/p-1/t32?,35?,37?,38-,40-;/m1./s1. The first kappa shape index (κ1) is 32.3. The molecule has 9 rings (SSSR count). The zero-order valence-corrected chi connectivity index (χ0v) is 31.3. The third kappa shape index (κ3) is 4.27. The molecule has 2 saturated carbocycles. The molecule has 1 N–H and O–H groups in total. The smallest absolute Gasteiger partial charge is 0.320 e. The fraction of sp³-hybridized carbons (Fsp3) is 0.538. The van der Waals surface area contributed by atoms with Crippen LogP contribution in [0, 0.1) is 5.92 Å². The molecule has 3 aromatic carbocycles. The summed E-state index contributed by atoms with van der Waals surface area (Å²) in [6.45, 7) is 10.2. The summed E-state index contributed by atoms with van der Waals surface area (Å²) in [5, 5.41) is 15.6. The van der Waals surface area contributed by atoms with Crippen molar-refractivity contribution >= 4 is 18.7 Å². The van der Waals surface area contributed by atoms with Gasteiger partial charge in [-0.05, 0) is 46.3 Å². The zero-order valence-electron chi connectivity index (χ0n) is 28.1. The average Bonchev–Trinajstić information content (AvgIpc) is 3.58. The Bertz CT molecular complexity index is 1630. The van der Waals surface area contributed by atoms with E-state index in [1.165, 1.54) is 34.3 Å². The van der Waals surface area contributed by atoms with E-state index in [2.05, 4.69) is 101 Å². The summed E-state index contributed by atoms with van der Waals surface area (Å²) >= 11 is 0. The van der Waals surface area contributed by atoms with Crippen molar-refractivity contribution in [1.82, 2.24) is 0 Å². The number of hydrogen-bond acceptors (Lipinski definition) is 5.